The molecule has 0 amide bonds. The van der Waals surface area contributed by atoms with Crippen molar-refractivity contribution in [1.82, 2.24) is 0 Å². The van der Waals surface area contributed by atoms with E-state index >= 15 is 0 Å². The average Bonchev–Trinajstić information content (AvgIpc) is 3.30. The molecule has 0 spiro atoms. The Bertz CT molecular complexity index is 747. The van der Waals surface area contributed by atoms with Crippen LogP contribution in [0, 0.1) is 34.5 Å². The van der Waals surface area contributed by atoms with Gasteiger partial charge in [-0.05, 0) is 0 Å². The molecule has 31 heavy (non-hydrogen) atoms. The van der Waals surface area contributed by atoms with Gasteiger partial charge < -0.3 is 24.8 Å². The van der Waals surface area contributed by atoms with Crippen molar-refractivity contribution in [2.75, 3.05) is 0 Å². The third-order valence-electron chi connectivity index (χ3n) is 9.97. The molecule has 172 valence electrons. The maximum atomic E-state index is 2.64. The summed E-state index contributed by atoms with van der Waals surface area (Å²) in [6.07, 6.45) is 20.4. The van der Waals surface area contributed by atoms with E-state index in [2.05, 4.69) is 78.0 Å². The maximum absolute atomic E-state index is 2.64. The second kappa shape index (κ2) is 8.89. The molecule has 0 aromatic rings. The second-order valence-corrected chi connectivity index (χ2v) is 24.4. The summed E-state index contributed by atoms with van der Waals surface area (Å²) < 4.78 is 5.36. The molecule has 3 heteroatoms. The van der Waals surface area contributed by atoms with Gasteiger partial charge in [0.05, 0.1) is 0 Å². The van der Waals surface area contributed by atoms with Crippen LogP contribution in [0.3, 0.4) is 0 Å². The fraction of sp³-hybridized carbons (Fsp3) is 0.714. The van der Waals surface area contributed by atoms with Gasteiger partial charge in [0.25, 0.3) is 0 Å². The largest absolute Gasteiger partial charge is 1.00 e. The zero-order valence-electron chi connectivity index (χ0n) is 20.4. The molecule has 1 aliphatic heterocycles. The quantitative estimate of drug-likeness (QED) is 0.506. The van der Waals surface area contributed by atoms with Crippen molar-refractivity contribution in [3.05, 3.63) is 47.6 Å². The molecule has 0 nitrogen and oxygen atoms in total. The van der Waals surface area contributed by atoms with Crippen molar-refractivity contribution in [2.24, 2.45) is 34.5 Å². The second-order valence-electron chi connectivity index (χ2n) is 12.8. The van der Waals surface area contributed by atoms with Crippen molar-refractivity contribution < 1.29 is 45.1 Å². The number of hydrogen-bond donors (Lipinski definition) is 0. The fourth-order valence-corrected chi connectivity index (χ4v) is 28.4. The Hall–Kier alpha value is 0.423. The third-order valence-corrected chi connectivity index (χ3v) is 24.6. The van der Waals surface area contributed by atoms with E-state index in [1.54, 1.807) is 8.26 Å². The average molecular weight is 541 g/mol. The van der Waals surface area contributed by atoms with Crippen LogP contribution in [0.1, 0.15) is 67.2 Å². The van der Waals surface area contributed by atoms with Gasteiger partial charge in [-0.1, -0.05) is 0 Å². The maximum Gasteiger partial charge on any atom is -1.00 e. The normalized spacial score (nSPS) is 39.8. The summed E-state index contributed by atoms with van der Waals surface area (Å²) in [7, 11) is 0. The molecular formula is C28H42Cl2Zr. The molecule has 0 radical (unpaired) electrons. The Morgan fingerprint density at radius 1 is 0.710 bits per heavy atom. The molecule has 0 bridgehead atoms. The van der Waals surface area contributed by atoms with Gasteiger partial charge in [0.1, 0.15) is 0 Å². The zero-order chi connectivity index (χ0) is 20.6. The summed E-state index contributed by atoms with van der Waals surface area (Å²) in [5.41, 5.74) is 4.73. The number of hydrogen-bond acceptors (Lipinski definition) is 0. The first-order valence-corrected chi connectivity index (χ1v) is 18.7. The molecule has 0 N–H and O–H groups in total. The van der Waals surface area contributed by atoms with Crippen LogP contribution in [-0.2, 0) is 20.3 Å². The molecule has 6 unspecified atom stereocenters. The fourth-order valence-electron chi connectivity index (χ4n) is 8.50. The molecule has 6 atom stereocenters. The summed E-state index contributed by atoms with van der Waals surface area (Å²) in [4.78, 5) is 0. The van der Waals surface area contributed by atoms with Crippen LogP contribution < -0.4 is 24.8 Å². The van der Waals surface area contributed by atoms with Crippen LogP contribution in [0.4, 0.5) is 0 Å². The summed E-state index contributed by atoms with van der Waals surface area (Å²) >= 11 is -2.25. The first-order valence-electron chi connectivity index (χ1n) is 12.4. The van der Waals surface area contributed by atoms with E-state index in [1.165, 1.54) is 25.7 Å². The summed E-state index contributed by atoms with van der Waals surface area (Å²) in [6.45, 7) is 15.4. The first-order chi connectivity index (χ1) is 13.7. The molecule has 2 saturated carbocycles. The molecule has 1 saturated heterocycles. The minimum atomic E-state index is -2.25. The zero-order valence-corrected chi connectivity index (χ0v) is 24.4. The number of allylic oxidation sites excluding steroid dienone is 8. The van der Waals surface area contributed by atoms with E-state index in [-0.39, 0.29) is 24.8 Å². The van der Waals surface area contributed by atoms with E-state index in [1.807, 2.05) is 11.1 Å². The van der Waals surface area contributed by atoms with E-state index in [9.17, 15) is 0 Å². The first kappa shape index (κ1) is 26.0. The minimum absolute atomic E-state index is 0. The van der Waals surface area contributed by atoms with Crippen molar-refractivity contribution in [3.63, 3.8) is 0 Å². The molecule has 0 aromatic carbocycles. The molecule has 0 aromatic heterocycles. The standard InChI is InChI=1S/2C13H19.C2H4.2ClH.Zr/c2*1-10-8-11-6-4-5-7-13(2,3)12(11)9-10;1-2;;;/h2*4-6,8,10,12H,7,9H2,1-3H3;1-2H2;2*1H;/q;;;;;+2/p-2. The Morgan fingerprint density at radius 3 is 1.45 bits per heavy atom. The number of halogens is 2. The molecule has 4 aliphatic carbocycles. The van der Waals surface area contributed by atoms with Gasteiger partial charge in [-0.25, -0.2) is 0 Å². The van der Waals surface area contributed by atoms with Crippen LogP contribution in [-0.4, -0.2) is 0 Å². The summed E-state index contributed by atoms with van der Waals surface area (Å²) in [5.74, 6) is 3.52. The Morgan fingerprint density at radius 2 is 1.10 bits per heavy atom. The molecule has 1 heterocycles. The van der Waals surface area contributed by atoms with Gasteiger partial charge >= 0.3 is 185 Å². The third kappa shape index (κ3) is 4.10. The van der Waals surface area contributed by atoms with Crippen molar-refractivity contribution >= 4 is 0 Å². The van der Waals surface area contributed by atoms with Crippen molar-refractivity contribution in [3.8, 4) is 0 Å². The van der Waals surface area contributed by atoms with Gasteiger partial charge in [-0.2, -0.15) is 0 Å². The Labute approximate surface area is 208 Å². The molecule has 3 fully saturated rings. The number of fused-ring (bicyclic) bond motifs is 2. The molecular weight excluding hydrogens is 498 g/mol. The van der Waals surface area contributed by atoms with Crippen LogP contribution in [0.25, 0.3) is 0 Å². The summed E-state index contributed by atoms with van der Waals surface area (Å²) in [5, 5.41) is 0. The van der Waals surface area contributed by atoms with E-state index in [4.69, 9.17) is 0 Å². The van der Waals surface area contributed by atoms with Crippen LogP contribution >= 0.6 is 0 Å². The predicted octanol–water partition coefficient (Wildman–Crippen LogP) is 2.71. The van der Waals surface area contributed by atoms with E-state index in [0.717, 1.165) is 30.9 Å². The van der Waals surface area contributed by atoms with Crippen LogP contribution in [0.2, 0.25) is 15.5 Å². The SMILES string of the molecule is CC1CC2C(=CC=CCC2(C)C)[CH]1[Zr+2]1([CH]2C3=CC=CCC(C)(C)C3CC2C)[CH2][CH2]1.[Cl-].[Cl-]. The monoisotopic (exact) mass is 538 g/mol. The van der Waals surface area contributed by atoms with Crippen LogP contribution in [0.5, 0.6) is 0 Å². The topological polar surface area (TPSA) is 0 Å². The minimum Gasteiger partial charge on any atom is -1.00 e. The predicted molar refractivity (Wildman–Crippen MR) is 123 cm³/mol. The molecule has 5 aliphatic rings. The van der Waals surface area contributed by atoms with Crippen LogP contribution in [0.15, 0.2) is 47.6 Å². The van der Waals surface area contributed by atoms with Crippen molar-refractivity contribution in [2.45, 2.75) is 82.7 Å². The van der Waals surface area contributed by atoms with Gasteiger partial charge in [0, 0.05) is 0 Å². The van der Waals surface area contributed by atoms with Crippen molar-refractivity contribution in [1.29, 1.82) is 0 Å². The van der Waals surface area contributed by atoms with Gasteiger partial charge in [-0.3, -0.25) is 0 Å². The molecule has 5 rings (SSSR count). The Kier molecular flexibility index (Phi) is 7.47. The smallest absolute Gasteiger partial charge is 1.00 e. The summed E-state index contributed by atoms with van der Waals surface area (Å²) in [6, 6.07) is 0. The Balaban J connectivity index is 0.00000136. The van der Waals surface area contributed by atoms with E-state index in [0.29, 0.717) is 10.8 Å². The number of rotatable bonds is 2. The van der Waals surface area contributed by atoms with E-state index < -0.39 is 20.3 Å². The van der Waals surface area contributed by atoms with Gasteiger partial charge in [0.2, 0.25) is 0 Å². The van der Waals surface area contributed by atoms with Gasteiger partial charge in [-0.15, -0.1) is 0 Å². The van der Waals surface area contributed by atoms with Gasteiger partial charge in [0.15, 0.2) is 0 Å².